The first-order valence-corrected chi connectivity index (χ1v) is 5.99. The highest BCUT2D eigenvalue weighted by Crippen LogP contribution is 2.32. The van der Waals surface area contributed by atoms with E-state index in [2.05, 4.69) is 29.5 Å². The molecule has 0 amide bonds. The molecule has 0 aliphatic carbocycles. The van der Waals surface area contributed by atoms with Gasteiger partial charge in [0.1, 0.15) is 0 Å². The molecule has 2 rings (SSSR count). The van der Waals surface area contributed by atoms with Crippen LogP contribution in [0.15, 0.2) is 17.5 Å². The summed E-state index contributed by atoms with van der Waals surface area (Å²) in [5.74, 6) is 0. The van der Waals surface area contributed by atoms with Crippen LogP contribution < -0.4 is 0 Å². The third-order valence-electron chi connectivity index (χ3n) is 2.39. The van der Waals surface area contributed by atoms with E-state index >= 15 is 0 Å². The van der Waals surface area contributed by atoms with E-state index in [1.807, 2.05) is 25.2 Å². The van der Waals surface area contributed by atoms with Gasteiger partial charge in [-0.3, -0.25) is 4.90 Å². The van der Waals surface area contributed by atoms with Crippen molar-refractivity contribution >= 4 is 11.3 Å². The predicted octanol–water partition coefficient (Wildman–Crippen LogP) is 3.54. The van der Waals surface area contributed by atoms with Gasteiger partial charge in [-0.15, -0.1) is 11.3 Å². The Morgan fingerprint density at radius 2 is 2.23 bits per heavy atom. The van der Waals surface area contributed by atoms with Crippen molar-refractivity contribution in [2.24, 2.45) is 0 Å². The molecule has 1 aromatic heterocycles. The molecule has 0 N–H and O–H groups in total. The van der Waals surface area contributed by atoms with Crippen LogP contribution in [0.4, 0.5) is 0 Å². The molecule has 2 heteroatoms. The molecule has 1 aliphatic rings. The highest BCUT2D eigenvalue weighted by Gasteiger charge is 2.22. The van der Waals surface area contributed by atoms with Crippen LogP contribution in [0.2, 0.25) is 0 Å². The SMILES string of the molecule is CC.CN1CCCC1c1cccs1. The Morgan fingerprint density at radius 1 is 1.46 bits per heavy atom. The maximum atomic E-state index is 2.45. The summed E-state index contributed by atoms with van der Waals surface area (Å²) in [5.41, 5.74) is 0. The summed E-state index contributed by atoms with van der Waals surface area (Å²) in [6, 6.07) is 5.11. The number of hydrogen-bond acceptors (Lipinski definition) is 2. The summed E-state index contributed by atoms with van der Waals surface area (Å²) in [6.07, 6.45) is 2.70. The molecule has 0 aromatic carbocycles. The smallest absolute Gasteiger partial charge is 0.0438 e. The summed E-state index contributed by atoms with van der Waals surface area (Å²) >= 11 is 1.88. The first-order chi connectivity index (χ1) is 6.38. The summed E-state index contributed by atoms with van der Waals surface area (Å²) in [7, 11) is 2.22. The third kappa shape index (κ3) is 2.55. The molecule has 1 aromatic rings. The van der Waals surface area contributed by atoms with Gasteiger partial charge in [0.25, 0.3) is 0 Å². The van der Waals surface area contributed by atoms with Gasteiger partial charge < -0.3 is 0 Å². The fourth-order valence-corrected chi connectivity index (χ4v) is 2.68. The average molecular weight is 197 g/mol. The molecule has 0 bridgehead atoms. The Balaban J connectivity index is 0.000000396. The van der Waals surface area contributed by atoms with Crippen LogP contribution in [-0.2, 0) is 0 Å². The van der Waals surface area contributed by atoms with Crippen molar-refractivity contribution in [3.8, 4) is 0 Å². The molecule has 1 unspecified atom stereocenters. The van der Waals surface area contributed by atoms with Gasteiger partial charge in [0, 0.05) is 10.9 Å². The van der Waals surface area contributed by atoms with Gasteiger partial charge >= 0.3 is 0 Å². The van der Waals surface area contributed by atoms with Gasteiger partial charge in [0.05, 0.1) is 0 Å². The van der Waals surface area contributed by atoms with Gasteiger partial charge in [-0.25, -0.2) is 0 Å². The van der Waals surface area contributed by atoms with Crippen LogP contribution in [0.25, 0.3) is 0 Å². The van der Waals surface area contributed by atoms with E-state index in [4.69, 9.17) is 0 Å². The maximum absolute atomic E-state index is 2.45. The zero-order valence-electron chi connectivity index (χ0n) is 8.79. The van der Waals surface area contributed by atoms with Crippen LogP contribution in [0, 0.1) is 0 Å². The molecule has 0 radical (unpaired) electrons. The van der Waals surface area contributed by atoms with Crippen LogP contribution in [-0.4, -0.2) is 18.5 Å². The number of rotatable bonds is 1. The van der Waals surface area contributed by atoms with Crippen molar-refractivity contribution in [2.75, 3.05) is 13.6 Å². The molecular formula is C11H19NS. The highest BCUT2D eigenvalue weighted by molar-refractivity contribution is 7.10. The highest BCUT2D eigenvalue weighted by atomic mass is 32.1. The first-order valence-electron chi connectivity index (χ1n) is 5.11. The lowest BCUT2D eigenvalue weighted by molar-refractivity contribution is 0.321. The third-order valence-corrected chi connectivity index (χ3v) is 3.37. The summed E-state index contributed by atoms with van der Waals surface area (Å²) < 4.78 is 0. The molecule has 1 aliphatic heterocycles. The molecule has 1 saturated heterocycles. The lowest BCUT2D eigenvalue weighted by Gasteiger charge is -2.17. The fraction of sp³-hybridized carbons (Fsp3) is 0.636. The second kappa shape index (κ2) is 5.40. The van der Waals surface area contributed by atoms with E-state index in [1.54, 1.807) is 0 Å². The molecule has 1 fully saturated rings. The number of hydrogen-bond donors (Lipinski definition) is 0. The molecule has 1 atom stereocenters. The van der Waals surface area contributed by atoms with Crippen LogP contribution >= 0.6 is 11.3 Å². The molecule has 0 spiro atoms. The molecule has 74 valence electrons. The predicted molar refractivity (Wildman–Crippen MR) is 60.3 cm³/mol. The van der Waals surface area contributed by atoms with Crippen LogP contribution in [0.1, 0.15) is 37.6 Å². The fourth-order valence-electron chi connectivity index (χ4n) is 1.75. The zero-order chi connectivity index (χ0) is 9.68. The summed E-state index contributed by atoms with van der Waals surface area (Å²) in [6.45, 7) is 5.27. The Bertz CT molecular complexity index is 218. The maximum Gasteiger partial charge on any atom is 0.0438 e. The van der Waals surface area contributed by atoms with E-state index in [9.17, 15) is 0 Å². The average Bonchev–Trinajstić information content (AvgIpc) is 2.77. The molecule has 2 heterocycles. The van der Waals surface area contributed by atoms with E-state index < -0.39 is 0 Å². The number of thiophene rings is 1. The van der Waals surface area contributed by atoms with Gasteiger partial charge in [0.2, 0.25) is 0 Å². The number of likely N-dealkylation sites (tertiary alicyclic amines) is 1. The minimum atomic E-state index is 0.718. The summed E-state index contributed by atoms with van der Waals surface area (Å²) in [4.78, 5) is 3.98. The zero-order valence-corrected chi connectivity index (χ0v) is 9.60. The van der Waals surface area contributed by atoms with Crippen molar-refractivity contribution in [2.45, 2.75) is 32.7 Å². The molecule has 13 heavy (non-hydrogen) atoms. The Morgan fingerprint density at radius 3 is 2.69 bits per heavy atom. The number of nitrogens with zero attached hydrogens (tertiary/aromatic N) is 1. The molecule has 1 nitrogen and oxygen atoms in total. The van der Waals surface area contributed by atoms with E-state index in [-0.39, 0.29) is 0 Å². The second-order valence-electron chi connectivity index (χ2n) is 3.15. The van der Waals surface area contributed by atoms with Crippen molar-refractivity contribution in [3.05, 3.63) is 22.4 Å². The van der Waals surface area contributed by atoms with Crippen molar-refractivity contribution in [1.82, 2.24) is 4.90 Å². The van der Waals surface area contributed by atoms with Crippen molar-refractivity contribution < 1.29 is 0 Å². The van der Waals surface area contributed by atoms with E-state index in [0.717, 1.165) is 6.04 Å². The van der Waals surface area contributed by atoms with Gasteiger partial charge in [0.15, 0.2) is 0 Å². The Hall–Kier alpha value is -0.340. The minimum Gasteiger partial charge on any atom is -0.299 e. The van der Waals surface area contributed by atoms with E-state index in [1.165, 1.54) is 24.3 Å². The van der Waals surface area contributed by atoms with Crippen LogP contribution in [0.3, 0.4) is 0 Å². The summed E-state index contributed by atoms with van der Waals surface area (Å²) in [5, 5.41) is 2.17. The largest absolute Gasteiger partial charge is 0.299 e. The quantitative estimate of drug-likeness (QED) is 0.665. The lowest BCUT2D eigenvalue weighted by Crippen LogP contribution is -2.16. The lowest BCUT2D eigenvalue weighted by atomic mass is 10.2. The standard InChI is InChI=1S/C9H13NS.C2H6/c1-10-6-2-4-8(10)9-5-3-7-11-9;1-2/h3,5,7-8H,2,4,6H2,1H3;1-2H3. The monoisotopic (exact) mass is 197 g/mol. The molecular weight excluding hydrogens is 178 g/mol. The Labute approximate surface area is 85.4 Å². The topological polar surface area (TPSA) is 3.24 Å². The van der Waals surface area contributed by atoms with Gasteiger partial charge in [-0.2, -0.15) is 0 Å². The molecule has 0 saturated carbocycles. The minimum absolute atomic E-state index is 0.718. The normalized spacial score (nSPS) is 22.5. The van der Waals surface area contributed by atoms with Crippen molar-refractivity contribution in [3.63, 3.8) is 0 Å². The van der Waals surface area contributed by atoms with Crippen LogP contribution in [0.5, 0.6) is 0 Å². The van der Waals surface area contributed by atoms with Crippen molar-refractivity contribution in [1.29, 1.82) is 0 Å². The second-order valence-corrected chi connectivity index (χ2v) is 4.13. The van der Waals surface area contributed by atoms with E-state index in [0.29, 0.717) is 0 Å². The first kappa shape index (κ1) is 10.7. The Kier molecular flexibility index (Phi) is 4.46. The van der Waals surface area contributed by atoms with Gasteiger partial charge in [-0.1, -0.05) is 19.9 Å². The van der Waals surface area contributed by atoms with Gasteiger partial charge in [-0.05, 0) is 37.9 Å².